The van der Waals surface area contributed by atoms with Crippen LogP contribution in [0.25, 0.3) is 0 Å². The predicted molar refractivity (Wildman–Crippen MR) is 33.5 cm³/mol. The fourth-order valence-electron chi connectivity index (χ4n) is 0.930. The summed E-state index contributed by atoms with van der Waals surface area (Å²) in [6, 6.07) is 0. The fourth-order valence-corrected chi connectivity index (χ4v) is 0.930. The van der Waals surface area contributed by atoms with Crippen molar-refractivity contribution in [3.8, 4) is 0 Å². The van der Waals surface area contributed by atoms with E-state index in [1.54, 1.807) is 0 Å². The maximum absolute atomic E-state index is 8.95. The van der Waals surface area contributed by atoms with Crippen molar-refractivity contribution < 1.29 is 5.11 Å². The molecule has 1 aliphatic carbocycles. The minimum absolute atomic E-state index is 0.199. The maximum atomic E-state index is 8.95. The predicted octanol–water partition coefficient (Wildman–Crippen LogP) is 1.25. The molecular formula is C7H10O. The Morgan fingerprint density at radius 2 is 1.62 bits per heavy atom. The van der Waals surface area contributed by atoms with Gasteiger partial charge in [-0.05, 0) is 24.0 Å². The van der Waals surface area contributed by atoms with Gasteiger partial charge >= 0.3 is 0 Å². The summed E-state index contributed by atoms with van der Waals surface area (Å²) in [6.07, 6.45) is 1.24. The van der Waals surface area contributed by atoms with E-state index in [-0.39, 0.29) is 6.10 Å². The first-order valence-electron chi connectivity index (χ1n) is 2.74. The Bertz CT molecular complexity index is 119. The van der Waals surface area contributed by atoms with Crippen LogP contribution < -0.4 is 0 Å². The molecule has 1 rings (SSSR count). The molecule has 0 unspecified atom stereocenters. The highest BCUT2D eigenvalue weighted by atomic mass is 16.3. The molecule has 0 atom stereocenters. The van der Waals surface area contributed by atoms with Crippen LogP contribution in [0.2, 0.25) is 0 Å². The molecule has 0 saturated heterocycles. The first kappa shape index (κ1) is 5.57. The Balaban J connectivity index is 2.64. The van der Waals surface area contributed by atoms with Crippen LogP contribution in [0.3, 0.4) is 0 Å². The van der Waals surface area contributed by atoms with E-state index < -0.39 is 0 Å². The van der Waals surface area contributed by atoms with Gasteiger partial charge in [-0.3, -0.25) is 0 Å². The van der Waals surface area contributed by atoms with Gasteiger partial charge in [-0.15, -0.1) is 0 Å². The van der Waals surface area contributed by atoms with Crippen LogP contribution in [0, 0.1) is 0 Å². The summed E-state index contributed by atoms with van der Waals surface area (Å²) in [4.78, 5) is 0. The van der Waals surface area contributed by atoms with Crippen molar-refractivity contribution in [2.75, 3.05) is 0 Å². The number of aliphatic hydroxyl groups excluding tert-OH is 1. The largest absolute Gasteiger partial charge is 0.392 e. The lowest BCUT2D eigenvalue weighted by Gasteiger charge is -1.91. The third-order valence-corrected chi connectivity index (χ3v) is 1.46. The van der Waals surface area contributed by atoms with Gasteiger partial charge < -0.3 is 5.11 Å². The summed E-state index contributed by atoms with van der Waals surface area (Å²) in [5.74, 6) is 0. The summed E-state index contributed by atoms with van der Waals surface area (Å²) >= 11 is 0. The smallest absolute Gasteiger partial charge is 0.0620 e. The molecule has 0 amide bonds. The summed E-state index contributed by atoms with van der Waals surface area (Å²) in [5.41, 5.74) is 2.02. The summed E-state index contributed by atoms with van der Waals surface area (Å²) in [6.45, 7) is 7.45. The van der Waals surface area contributed by atoms with Gasteiger partial charge in [-0.1, -0.05) is 13.2 Å². The lowest BCUT2D eigenvalue weighted by molar-refractivity contribution is 0.190. The second kappa shape index (κ2) is 1.75. The van der Waals surface area contributed by atoms with E-state index in [9.17, 15) is 0 Å². The first-order chi connectivity index (χ1) is 3.70. The third-order valence-electron chi connectivity index (χ3n) is 1.46. The summed E-state index contributed by atoms with van der Waals surface area (Å²) in [5, 5.41) is 8.95. The van der Waals surface area contributed by atoms with Crippen molar-refractivity contribution in [1.29, 1.82) is 0 Å². The van der Waals surface area contributed by atoms with Gasteiger partial charge in [-0.2, -0.15) is 0 Å². The van der Waals surface area contributed by atoms with Gasteiger partial charge in [0.25, 0.3) is 0 Å². The molecule has 1 heteroatoms. The number of rotatable bonds is 0. The molecule has 1 fully saturated rings. The van der Waals surface area contributed by atoms with Crippen LogP contribution in [-0.4, -0.2) is 11.2 Å². The summed E-state index contributed by atoms with van der Waals surface area (Å²) < 4.78 is 0. The van der Waals surface area contributed by atoms with Crippen LogP contribution in [0.15, 0.2) is 24.3 Å². The van der Waals surface area contributed by atoms with Crippen molar-refractivity contribution in [3.05, 3.63) is 24.3 Å². The second-order valence-electron chi connectivity index (χ2n) is 2.27. The molecule has 44 valence electrons. The summed E-state index contributed by atoms with van der Waals surface area (Å²) in [7, 11) is 0. The quantitative estimate of drug-likeness (QED) is 0.497. The Morgan fingerprint density at radius 3 is 1.75 bits per heavy atom. The molecule has 0 radical (unpaired) electrons. The van der Waals surface area contributed by atoms with Crippen molar-refractivity contribution in [1.82, 2.24) is 0 Å². The van der Waals surface area contributed by atoms with E-state index in [1.807, 2.05) is 0 Å². The average molecular weight is 110 g/mol. The molecule has 0 aromatic rings. The third kappa shape index (κ3) is 0.819. The second-order valence-corrected chi connectivity index (χ2v) is 2.27. The molecule has 8 heavy (non-hydrogen) atoms. The number of aliphatic hydroxyl groups is 1. The molecule has 1 nitrogen and oxygen atoms in total. The number of hydrogen-bond donors (Lipinski definition) is 1. The lowest BCUT2D eigenvalue weighted by Crippen LogP contribution is -1.95. The SMILES string of the molecule is C=C1CC(O)CC1=C. The monoisotopic (exact) mass is 110 g/mol. The van der Waals surface area contributed by atoms with Crippen molar-refractivity contribution in [3.63, 3.8) is 0 Å². The van der Waals surface area contributed by atoms with E-state index in [0.29, 0.717) is 0 Å². The Labute approximate surface area is 49.3 Å². The molecule has 0 aromatic carbocycles. The van der Waals surface area contributed by atoms with Crippen LogP contribution in [0.4, 0.5) is 0 Å². The molecular weight excluding hydrogens is 100 g/mol. The maximum Gasteiger partial charge on any atom is 0.0620 e. The Hall–Kier alpha value is -0.560. The van der Waals surface area contributed by atoms with Crippen molar-refractivity contribution >= 4 is 0 Å². The molecule has 0 aromatic heterocycles. The van der Waals surface area contributed by atoms with Gasteiger partial charge in [0.15, 0.2) is 0 Å². The Morgan fingerprint density at radius 1 is 1.25 bits per heavy atom. The molecule has 1 aliphatic rings. The topological polar surface area (TPSA) is 20.2 Å². The van der Waals surface area contributed by atoms with E-state index in [0.717, 1.165) is 24.0 Å². The highest BCUT2D eigenvalue weighted by Gasteiger charge is 2.17. The standard InChI is InChI=1S/C7H10O/c1-5-3-7(8)4-6(5)2/h7-8H,1-4H2. The lowest BCUT2D eigenvalue weighted by atomic mass is 10.2. The van der Waals surface area contributed by atoms with E-state index >= 15 is 0 Å². The zero-order valence-corrected chi connectivity index (χ0v) is 4.85. The fraction of sp³-hybridized carbons (Fsp3) is 0.429. The van der Waals surface area contributed by atoms with Gasteiger partial charge in [0.05, 0.1) is 6.10 Å². The van der Waals surface area contributed by atoms with E-state index in [1.165, 1.54) is 0 Å². The van der Waals surface area contributed by atoms with Crippen LogP contribution in [-0.2, 0) is 0 Å². The highest BCUT2D eigenvalue weighted by molar-refractivity contribution is 5.31. The minimum atomic E-state index is -0.199. The highest BCUT2D eigenvalue weighted by Crippen LogP contribution is 2.26. The van der Waals surface area contributed by atoms with E-state index in [4.69, 9.17) is 5.11 Å². The zero-order chi connectivity index (χ0) is 6.15. The molecule has 0 heterocycles. The van der Waals surface area contributed by atoms with Crippen LogP contribution in [0.5, 0.6) is 0 Å². The average Bonchev–Trinajstić information content (AvgIpc) is 1.85. The van der Waals surface area contributed by atoms with E-state index in [2.05, 4.69) is 13.2 Å². The first-order valence-corrected chi connectivity index (χ1v) is 2.74. The normalized spacial score (nSPS) is 22.6. The zero-order valence-electron chi connectivity index (χ0n) is 4.85. The van der Waals surface area contributed by atoms with Crippen molar-refractivity contribution in [2.45, 2.75) is 18.9 Å². The molecule has 0 spiro atoms. The number of hydrogen-bond acceptors (Lipinski definition) is 1. The van der Waals surface area contributed by atoms with Crippen molar-refractivity contribution in [2.24, 2.45) is 0 Å². The molecule has 0 aliphatic heterocycles. The van der Waals surface area contributed by atoms with Gasteiger partial charge in [-0.25, -0.2) is 0 Å². The van der Waals surface area contributed by atoms with Gasteiger partial charge in [0.1, 0.15) is 0 Å². The molecule has 1 N–H and O–H groups in total. The van der Waals surface area contributed by atoms with Gasteiger partial charge in [0, 0.05) is 0 Å². The van der Waals surface area contributed by atoms with Crippen LogP contribution >= 0.6 is 0 Å². The van der Waals surface area contributed by atoms with Gasteiger partial charge in [0.2, 0.25) is 0 Å². The Kier molecular flexibility index (Phi) is 1.22. The minimum Gasteiger partial charge on any atom is -0.392 e. The molecule has 0 bridgehead atoms. The molecule has 1 saturated carbocycles. The van der Waals surface area contributed by atoms with Crippen LogP contribution in [0.1, 0.15) is 12.8 Å².